The van der Waals surface area contributed by atoms with E-state index in [1.54, 1.807) is 0 Å². The van der Waals surface area contributed by atoms with E-state index in [1.165, 1.54) is 5.56 Å². The van der Waals surface area contributed by atoms with E-state index in [4.69, 9.17) is 10.1 Å². The molecule has 0 aliphatic rings. The van der Waals surface area contributed by atoms with Crippen molar-refractivity contribution < 1.29 is 0 Å². The fraction of sp³-hybridized carbons (Fsp3) is 0.192. The molecule has 0 saturated heterocycles. The lowest BCUT2D eigenvalue weighted by molar-refractivity contribution is 0.618. The number of hydrogen-bond donors (Lipinski definition) is 1. The minimum Gasteiger partial charge on any atom is -0.245 e. The number of aromatic nitrogens is 7. The molecule has 2 aromatic heterocycles. The van der Waals surface area contributed by atoms with Crippen LogP contribution < -0.4 is 0 Å². The van der Waals surface area contributed by atoms with Crippen molar-refractivity contribution in [1.29, 1.82) is 0 Å². The van der Waals surface area contributed by atoms with Gasteiger partial charge in [0.25, 0.3) is 0 Å². The van der Waals surface area contributed by atoms with Gasteiger partial charge in [-0.05, 0) is 28.3 Å². The molecule has 1 N–H and O–H groups in total. The van der Waals surface area contributed by atoms with Gasteiger partial charge in [-0.3, -0.25) is 0 Å². The van der Waals surface area contributed by atoms with Crippen LogP contribution in [-0.4, -0.2) is 35.4 Å². The van der Waals surface area contributed by atoms with Crippen molar-refractivity contribution in [2.24, 2.45) is 0 Å². The number of hydrogen-bond acceptors (Lipinski definition) is 5. The van der Waals surface area contributed by atoms with E-state index in [9.17, 15) is 0 Å². The monoisotopic (exact) mass is 435 g/mol. The highest BCUT2D eigenvalue weighted by Crippen LogP contribution is 2.30. The molecular formula is C26H25N7. The summed E-state index contributed by atoms with van der Waals surface area (Å²) in [5, 5.41) is 19.3. The largest absolute Gasteiger partial charge is 0.245 e. The van der Waals surface area contributed by atoms with Gasteiger partial charge in [0.15, 0.2) is 5.82 Å². The van der Waals surface area contributed by atoms with Crippen molar-refractivity contribution in [2.75, 3.05) is 0 Å². The van der Waals surface area contributed by atoms with E-state index in [0.717, 1.165) is 53.2 Å². The first kappa shape index (κ1) is 20.8. The Morgan fingerprint density at radius 3 is 2.27 bits per heavy atom. The van der Waals surface area contributed by atoms with Crippen molar-refractivity contribution in [3.8, 4) is 33.9 Å². The van der Waals surface area contributed by atoms with E-state index in [1.807, 2.05) is 41.1 Å². The van der Waals surface area contributed by atoms with Crippen molar-refractivity contribution in [3.63, 3.8) is 0 Å². The van der Waals surface area contributed by atoms with Gasteiger partial charge in [-0.25, -0.2) is 9.67 Å². The van der Waals surface area contributed by atoms with Crippen LogP contribution in [0.1, 0.15) is 31.2 Å². The summed E-state index contributed by atoms with van der Waals surface area (Å²) in [7, 11) is 0. The van der Waals surface area contributed by atoms with Crippen LogP contribution in [0.5, 0.6) is 0 Å². The molecule has 5 rings (SSSR count). The van der Waals surface area contributed by atoms with Crippen LogP contribution in [0.15, 0.2) is 78.9 Å². The second-order valence-electron chi connectivity index (χ2n) is 7.96. The molecule has 3 aromatic carbocycles. The Kier molecular flexibility index (Phi) is 6.01. The Bertz CT molecular complexity index is 1310. The molecule has 7 heteroatoms. The van der Waals surface area contributed by atoms with Crippen LogP contribution in [-0.2, 0) is 13.0 Å². The highest BCUT2D eigenvalue weighted by Gasteiger charge is 2.13. The fourth-order valence-corrected chi connectivity index (χ4v) is 3.90. The lowest BCUT2D eigenvalue weighted by Gasteiger charge is -2.09. The van der Waals surface area contributed by atoms with Gasteiger partial charge in [0, 0.05) is 17.5 Å². The van der Waals surface area contributed by atoms with Crippen LogP contribution in [0, 0.1) is 0 Å². The van der Waals surface area contributed by atoms with E-state index in [-0.39, 0.29) is 0 Å². The van der Waals surface area contributed by atoms with Crippen molar-refractivity contribution in [2.45, 2.75) is 32.7 Å². The summed E-state index contributed by atoms with van der Waals surface area (Å²) in [6.45, 7) is 2.88. The maximum Gasteiger partial charge on any atom is 0.205 e. The molecule has 2 heterocycles. The summed E-state index contributed by atoms with van der Waals surface area (Å²) < 4.78 is 2.04. The van der Waals surface area contributed by atoms with E-state index in [0.29, 0.717) is 12.4 Å². The zero-order chi connectivity index (χ0) is 22.5. The van der Waals surface area contributed by atoms with Crippen molar-refractivity contribution in [1.82, 2.24) is 35.4 Å². The molecule has 7 nitrogen and oxygen atoms in total. The lowest BCUT2D eigenvalue weighted by atomic mass is 9.98. The number of nitrogens with one attached hydrogen (secondary N) is 1. The zero-order valence-electron chi connectivity index (χ0n) is 18.5. The number of rotatable bonds is 8. The van der Waals surface area contributed by atoms with Gasteiger partial charge < -0.3 is 0 Å². The molecule has 0 amide bonds. The van der Waals surface area contributed by atoms with Gasteiger partial charge >= 0.3 is 0 Å². The van der Waals surface area contributed by atoms with Gasteiger partial charge in [0.05, 0.1) is 6.54 Å². The van der Waals surface area contributed by atoms with Gasteiger partial charge in [-0.15, -0.1) is 10.2 Å². The minimum atomic E-state index is 0.589. The normalized spacial score (nSPS) is 11.1. The standard InChI is InChI=1S/C26H25N7/c1-2-3-13-24-27-25(21-9-5-4-6-10-21)30-33(24)18-19-14-16-20(17-15-19)22-11-7-8-12-23(22)26-28-31-32-29-26/h4-12,14-17H,2-3,13,18H2,1H3,(H,28,29,31,32). The van der Waals surface area contributed by atoms with Gasteiger partial charge in [0.1, 0.15) is 5.82 Å². The molecule has 0 spiro atoms. The topological polar surface area (TPSA) is 85.2 Å². The third-order valence-corrected chi connectivity index (χ3v) is 5.64. The van der Waals surface area contributed by atoms with Crippen LogP contribution in [0.4, 0.5) is 0 Å². The Morgan fingerprint density at radius 1 is 0.788 bits per heavy atom. The van der Waals surface area contributed by atoms with Gasteiger partial charge in [-0.1, -0.05) is 92.2 Å². The Balaban J connectivity index is 1.42. The first-order valence-electron chi connectivity index (χ1n) is 11.2. The molecule has 5 aromatic rings. The third kappa shape index (κ3) is 4.57. The number of benzene rings is 3. The quantitative estimate of drug-likeness (QED) is 0.363. The fourth-order valence-electron chi connectivity index (χ4n) is 3.90. The smallest absolute Gasteiger partial charge is 0.205 e. The lowest BCUT2D eigenvalue weighted by Crippen LogP contribution is -2.07. The molecule has 0 atom stereocenters. The Hall–Kier alpha value is -4.13. The first-order chi connectivity index (χ1) is 16.3. The van der Waals surface area contributed by atoms with Crippen molar-refractivity contribution >= 4 is 0 Å². The van der Waals surface area contributed by atoms with Crippen molar-refractivity contribution in [3.05, 3.63) is 90.3 Å². The van der Waals surface area contributed by atoms with E-state index >= 15 is 0 Å². The maximum absolute atomic E-state index is 4.85. The highest BCUT2D eigenvalue weighted by atomic mass is 15.5. The van der Waals surface area contributed by atoms with Gasteiger partial charge in [0.2, 0.25) is 5.82 Å². The number of aromatic amines is 1. The van der Waals surface area contributed by atoms with Crippen LogP contribution in [0.3, 0.4) is 0 Å². The summed E-state index contributed by atoms with van der Waals surface area (Å²) in [6.07, 6.45) is 3.15. The van der Waals surface area contributed by atoms with E-state index in [2.05, 4.69) is 70.0 Å². The number of aryl methyl sites for hydroxylation is 1. The minimum absolute atomic E-state index is 0.589. The maximum atomic E-state index is 4.85. The number of unbranched alkanes of at least 4 members (excludes halogenated alkanes) is 1. The highest BCUT2D eigenvalue weighted by molar-refractivity contribution is 5.80. The second-order valence-corrected chi connectivity index (χ2v) is 7.96. The third-order valence-electron chi connectivity index (χ3n) is 5.64. The molecule has 33 heavy (non-hydrogen) atoms. The number of H-pyrrole nitrogens is 1. The summed E-state index contributed by atoms with van der Waals surface area (Å²) in [4.78, 5) is 4.85. The SMILES string of the molecule is CCCCc1nc(-c2ccccc2)nn1Cc1ccc(-c2ccccc2-c2nn[nH]n2)cc1. The molecule has 0 radical (unpaired) electrons. The average molecular weight is 436 g/mol. The molecule has 0 saturated carbocycles. The average Bonchev–Trinajstić information content (AvgIpc) is 3.54. The number of tetrazole rings is 1. The summed E-state index contributed by atoms with van der Waals surface area (Å²) in [5.41, 5.74) is 5.35. The molecule has 0 aliphatic carbocycles. The molecule has 164 valence electrons. The number of nitrogens with zero attached hydrogens (tertiary/aromatic N) is 6. The van der Waals surface area contributed by atoms with Crippen LogP contribution in [0.2, 0.25) is 0 Å². The summed E-state index contributed by atoms with van der Waals surface area (Å²) >= 11 is 0. The molecule has 0 bridgehead atoms. The molecule has 0 unspecified atom stereocenters. The summed E-state index contributed by atoms with van der Waals surface area (Å²) in [6, 6.07) is 26.8. The Morgan fingerprint density at radius 2 is 1.55 bits per heavy atom. The second kappa shape index (κ2) is 9.56. The van der Waals surface area contributed by atoms with Gasteiger partial charge in [-0.2, -0.15) is 10.3 Å². The van der Waals surface area contributed by atoms with Crippen LogP contribution in [0.25, 0.3) is 33.9 Å². The summed E-state index contributed by atoms with van der Waals surface area (Å²) in [5.74, 6) is 2.40. The van der Waals surface area contributed by atoms with Crippen LogP contribution >= 0.6 is 0 Å². The van der Waals surface area contributed by atoms with E-state index < -0.39 is 0 Å². The molecule has 0 aliphatic heterocycles. The predicted molar refractivity (Wildman–Crippen MR) is 128 cm³/mol. The predicted octanol–water partition coefficient (Wildman–Crippen LogP) is 5.18. The molecule has 0 fully saturated rings. The first-order valence-corrected chi connectivity index (χ1v) is 11.2. The zero-order valence-corrected chi connectivity index (χ0v) is 18.5. The Labute approximate surface area is 192 Å². The molecular weight excluding hydrogens is 410 g/mol.